The standard InChI is InChI=1S/C16H28O3/c1-2-3-4-6-9-12-15(17)13-10-7-5-8-11-14-16(18)19/h9,12H,2-8,10-11,13-14H2,1H3,(H,18,19)/b12-9+. The van der Waals surface area contributed by atoms with Crippen LogP contribution in [0.3, 0.4) is 0 Å². The Morgan fingerprint density at radius 1 is 0.895 bits per heavy atom. The van der Waals surface area contributed by atoms with Crippen molar-refractivity contribution in [2.45, 2.75) is 77.6 Å². The van der Waals surface area contributed by atoms with Crippen molar-refractivity contribution in [2.75, 3.05) is 0 Å². The van der Waals surface area contributed by atoms with E-state index >= 15 is 0 Å². The average Bonchev–Trinajstić information content (AvgIpc) is 2.37. The number of carbonyl (C=O) groups excluding carboxylic acids is 1. The molecule has 3 nitrogen and oxygen atoms in total. The predicted octanol–water partition coefficient (Wildman–Crippen LogP) is 4.51. The van der Waals surface area contributed by atoms with Crippen molar-refractivity contribution < 1.29 is 14.7 Å². The van der Waals surface area contributed by atoms with E-state index in [1.54, 1.807) is 6.08 Å². The molecule has 0 bridgehead atoms. The van der Waals surface area contributed by atoms with Gasteiger partial charge in [0, 0.05) is 12.8 Å². The van der Waals surface area contributed by atoms with Gasteiger partial charge in [-0.25, -0.2) is 0 Å². The third-order valence-electron chi connectivity index (χ3n) is 3.09. The van der Waals surface area contributed by atoms with Crippen molar-refractivity contribution >= 4 is 11.8 Å². The predicted molar refractivity (Wildman–Crippen MR) is 78.2 cm³/mol. The number of ketones is 1. The Kier molecular flexibility index (Phi) is 12.5. The summed E-state index contributed by atoms with van der Waals surface area (Å²) in [7, 11) is 0. The van der Waals surface area contributed by atoms with Gasteiger partial charge in [0.25, 0.3) is 0 Å². The molecule has 0 aliphatic heterocycles. The summed E-state index contributed by atoms with van der Waals surface area (Å²) in [6.07, 6.45) is 13.9. The molecular formula is C16H28O3. The molecule has 0 unspecified atom stereocenters. The lowest BCUT2D eigenvalue weighted by Crippen LogP contribution is -1.94. The van der Waals surface area contributed by atoms with E-state index in [1.165, 1.54) is 19.3 Å². The van der Waals surface area contributed by atoms with Crippen molar-refractivity contribution in [3.63, 3.8) is 0 Å². The number of unbranched alkanes of at least 4 members (excludes halogenated alkanes) is 7. The number of aliphatic carboxylic acids is 1. The molecule has 0 aliphatic rings. The van der Waals surface area contributed by atoms with Gasteiger partial charge in [-0.05, 0) is 31.8 Å². The van der Waals surface area contributed by atoms with Crippen LogP contribution in [0.2, 0.25) is 0 Å². The van der Waals surface area contributed by atoms with E-state index in [0.29, 0.717) is 6.42 Å². The highest BCUT2D eigenvalue weighted by Crippen LogP contribution is 2.08. The maximum atomic E-state index is 11.5. The van der Waals surface area contributed by atoms with Crippen molar-refractivity contribution in [1.29, 1.82) is 0 Å². The Labute approximate surface area is 117 Å². The summed E-state index contributed by atoms with van der Waals surface area (Å²) >= 11 is 0. The third kappa shape index (κ3) is 14.8. The molecule has 0 aromatic rings. The highest BCUT2D eigenvalue weighted by molar-refractivity contribution is 5.89. The van der Waals surface area contributed by atoms with Gasteiger partial charge >= 0.3 is 5.97 Å². The van der Waals surface area contributed by atoms with Crippen LogP contribution in [0.5, 0.6) is 0 Å². The van der Waals surface area contributed by atoms with E-state index < -0.39 is 5.97 Å². The summed E-state index contributed by atoms with van der Waals surface area (Å²) in [5.41, 5.74) is 0. The second-order valence-corrected chi connectivity index (χ2v) is 5.03. The zero-order valence-corrected chi connectivity index (χ0v) is 12.2. The monoisotopic (exact) mass is 268 g/mol. The Morgan fingerprint density at radius 2 is 1.53 bits per heavy atom. The number of rotatable bonds is 13. The summed E-state index contributed by atoms with van der Waals surface area (Å²) in [5.74, 6) is -0.495. The van der Waals surface area contributed by atoms with E-state index in [-0.39, 0.29) is 12.2 Å². The smallest absolute Gasteiger partial charge is 0.303 e. The fourth-order valence-electron chi connectivity index (χ4n) is 1.92. The minimum atomic E-state index is -0.719. The van der Waals surface area contributed by atoms with Gasteiger partial charge in [-0.15, -0.1) is 0 Å². The quantitative estimate of drug-likeness (QED) is 0.395. The molecule has 0 amide bonds. The normalized spacial score (nSPS) is 11.0. The molecule has 0 aromatic carbocycles. The van der Waals surface area contributed by atoms with Crippen LogP contribution in [0.1, 0.15) is 77.6 Å². The summed E-state index contributed by atoms with van der Waals surface area (Å²) in [5, 5.41) is 8.47. The van der Waals surface area contributed by atoms with Gasteiger partial charge in [0.2, 0.25) is 0 Å². The molecule has 0 fully saturated rings. The lowest BCUT2D eigenvalue weighted by atomic mass is 10.1. The molecule has 0 rings (SSSR count). The number of allylic oxidation sites excluding steroid dienone is 2. The summed E-state index contributed by atoms with van der Waals surface area (Å²) < 4.78 is 0. The summed E-state index contributed by atoms with van der Waals surface area (Å²) in [4.78, 5) is 21.8. The van der Waals surface area contributed by atoms with E-state index in [4.69, 9.17) is 5.11 Å². The van der Waals surface area contributed by atoms with Crippen LogP contribution in [0.4, 0.5) is 0 Å². The Hall–Kier alpha value is -1.12. The molecule has 0 aliphatic carbocycles. The van der Waals surface area contributed by atoms with Gasteiger partial charge in [0.15, 0.2) is 5.78 Å². The number of carbonyl (C=O) groups is 2. The number of carboxylic acid groups (broad SMARTS) is 1. The van der Waals surface area contributed by atoms with Crippen LogP contribution < -0.4 is 0 Å². The van der Waals surface area contributed by atoms with Crippen molar-refractivity contribution in [3.8, 4) is 0 Å². The largest absolute Gasteiger partial charge is 0.481 e. The van der Waals surface area contributed by atoms with Crippen LogP contribution in [0.15, 0.2) is 12.2 Å². The SMILES string of the molecule is CCCCC/C=C/C(=O)CCCCCCCC(=O)O. The van der Waals surface area contributed by atoms with E-state index in [2.05, 4.69) is 6.92 Å². The first-order chi connectivity index (χ1) is 9.16. The molecule has 0 saturated carbocycles. The van der Waals surface area contributed by atoms with Crippen molar-refractivity contribution in [2.24, 2.45) is 0 Å². The second kappa shape index (κ2) is 13.3. The zero-order valence-electron chi connectivity index (χ0n) is 12.2. The van der Waals surface area contributed by atoms with Crippen molar-refractivity contribution in [3.05, 3.63) is 12.2 Å². The molecule has 0 heterocycles. The molecule has 3 heteroatoms. The second-order valence-electron chi connectivity index (χ2n) is 5.03. The maximum Gasteiger partial charge on any atom is 0.303 e. The first-order valence-corrected chi connectivity index (χ1v) is 7.58. The summed E-state index contributed by atoms with van der Waals surface area (Å²) in [6.45, 7) is 2.17. The van der Waals surface area contributed by atoms with Gasteiger partial charge in [-0.2, -0.15) is 0 Å². The molecular weight excluding hydrogens is 240 g/mol. The summed E-state index contributed by atoms with van der Waals surface area (Å²) in [6, 6.07) is 0. The molecule has 0 radical (unpaired) electrons. The maximum absolute atomic E-state index is 11.5. The van der Waals surface area contributed by atoms with Crippen LogP contribution in [-0.2, 0) is 9.59 Å². The molecule has 1 N–H and O–H groups in total. The average molecular weight is 268 g/mol. The molecule has 0 aromatic heterocycles. The topological polar surface area (TPSA) is 54.4 Å². The van der Waals surface area contributed by atoms with Gasteiger partial charge in [0.05, 0.1) is 0 Å². The van der Waals surface area contributed by atoms with Crippen LogP contribution in [-0.4, -0.2) is 16.9 Å². The molecule has 110 valence electrons. The Bertz CT molecular complexity index is 269. The number of carboxylic acids is 1. The number of hydrogen-bond donors (Lipinski definition) is 1. The minimum absolute atomic E-state index is 0.224. The van der Waals surface area contributed by atoms with E-state index in [0.717, 1.165) is 38.5 Å². The van der Waals surface area contributed by atoms with Crippen LogP contribution in [0, 0.1) is 0 Å². The highest BCUT2D eigenvalue weighted by atomic mass is 16.4. The molecule has 0 atom stereocenters. The Balaban J connectivity index is 3.31. The molecule has 19 heavy (non-hydrogen) atoms. The Morgan fingerprint density at radius 3 is 2.16 bits per heavy atom. The van der Waals surface area contributed by atoms with Crippen LogP contribution >= 0.6 is 0 Å². The fourth-order valence-corrected chi connectivity index (χ4v) is 1.92. The van der Waals surface area contributed by atoms with Crippen molar-refractivity contribution in [1.82, 2.24) is 0 Å². The first-order valence-electron chi connectivity index (χ1n) is 7.58. The van der Waals surface area contributed by atoms with Gasteiger partial charge < -0.3 is 5.11 Å². The van der Waals surface area contributed by atoms with Gasteiger partial charge in [-0.3, -0.25) is 9.59 Å². The number of hydrogen-bond acceptors (Lipinski definition) is 2. The first kappa shape index (κ1) is 17.9. The fraction of sp³-hybridized carbons (Fsp3) is 0.750. The zero-order chi connectivity index (χ0) is 14.3. The molecule has 0 spiro atoms. The van der Waals surface area contributed by atoms with E-state index in [1.807, 2.05) is 6.08 Å². The van der Waals surface area contributed by atoms with Gasteiger partial charge in [0.1, 0.15) is 0 Å². The van der Waals surface area contributed by atoms with Gasteiger partial charge in [-0.1, -0.05) is 45.1 Å². The molecule has 0 saturated heterocycles. The van der Waals surface area contributed by atoms with Crippen LogP contribution in [0.25, 0.3) is 0 Å². The lowest BCUT2D eigenvalue weighted by molar-refractivity contribution is -0.137. The minimum Gasteiger partial charge on any atom is -0.481 e. The lowest BCUT2D eigenvalue weighted by Gasteiger charge is -1.99. The van der Waals surface area contributed by atoms with E-state index in [9.17, 15) is 9.59 Å². The third-order valence-corrected chi connectivity index (χ3v) is 3.09. The highest BCUT2D eigenvalue weighted by Gasteiger charge is 1.98.